The van der Waals surface area contributed by atoms with Gasteiger partial charge in [-0.3, -0.25) is 9.78 Å². The van der Waals surface area contributed by atoms with E-state index < -0.39 is 0 Å². The number of carbonyl (C=O) groups excluding carboxylic acids is 1. The monoisotopic (exact) mass is 376 g/mol. The molecule has 0 aromatic carbocycles. The number of pyridine rings is 2. The number of carbonyl (C=O) groups is 1. The second-order valence-corrected chi connectivity index (χ2v) is 7.15. The maximum atomic E-state index is 12.8. The Labute approximate surface area is 161 Å². The van der Waals surface area contributed by atoms with Crippen LogP contribution in [0, 0.1) is 0 Å². The first-order valence-corrected chi connectivity index (χ1v) is 9.87. The Morgan fingerprint density at radius 2 is 2.11 bits per heavy atom. The molecule has 0 aliphatic heterocycles. The summed E-state index contributed by atoms with van der Waals surface area (Å²) in [5, 5.41) is 6.16. The minimum absolute atomic E-state index is 0.0770. The van der Waals surface area contributed by atoms with E-state index in [1.165, 1.54) is 0 Å². The molecule has 0 spiro atoms. The highest BCUT2D eigenvalue weighted by Crippen LogP contribution is 2.27. The van der Waals surface area contributed by atoms with Crippen molar-refractivity contribution < 1.29 is 4.79 Å². The molecule has 0 radical (unpaired) electrons. The summed E-state index contributed by atoms with van der Waals surface area (Å²) in [5.41, 5.74) is 4.36. The van der Waals surface area contributed by atoms with Crippen molar-refractivity contribution in [3.05, 3.63) is 76.5 Å². The van der Waals surface area contributed by atoms with Gasteiger partial charge in [-0.15, -0.1) is 11.3 Å². The summed E-state index contributed by atoms with van der Waals surface area (Å²) in [6.07, 6.45) is 5.36. The fraction of sp³-hybridized carbons (Fsp3) is 0.190. The van der Waals surface area contributed by atoms with Crippen molar-refractivity contribution in [2.24, 2.45) is 0 Å². The minimum atomic E-state index is -0.0770. The van der Waals surface area contributed by atoms with Gasteiger partial charge in [-0.05, 0) is 36.8 Å². The molecule has 0 saturated carbocycles. The van der Waals surface area contributed by atoms with Crippen LogP contribution in [0.25, 0.3) is 16.9 Å². The third-order valence-electron chi connectivity index (χ3n) is 4.43. The number of hydrogen-bond acceptors (Lipinski definition) is 4. The van der Waals surface area contributed by atoms with Crippen molar-refractivity contribution in [3.8, 4) is 11.4 Å². The number of rotatable bonds is 6. The number of aryl methyl sites for hydroxylation is 1. The van der Waals surface area contributed by atoms with Crippen molar-refractivity contribution in [2.45, 2.75) is 19.8 Å². The van der Waals surface area contributed by atoms with Gasteiger partial charge in [0.05, 0.1) is 27.5 Å². The number of nitrogens with zero attached hydrogens (tertiary/aromatic N) is 3. The highest BCUT2D eigenvalue weighted by molar-refractivity contribution is 7.09. The van der Waals surface area contributed by atoms with Gasteiger partial charge >= 0.3 is 0 Å². The maximum Gasteiger partial charge on any atom is 0.253 e. The number of thiazole rings is 1. The van der Waals surface area contributed by atoms with Gasteiger partial charge in [0.25, 0.3) is 5.91 Å². The molecule has 0 saturated heterocycles. The second-order valence-electron chi connectivity index (χ2n) is 6.21. The predicted molar refractivity (Wildman–Crippen MR) is 108 cm³/mol. The first kappa shape index (κ1) is 17.4. The average molecular weight is 376 g/mol. The van der Waals surface area contributed by atoms with Crippen LogP contribution in [0.4, 0.5) is 0 Å². The van der Waals surface area contributed by atoms with Crippen LogP contribution in [0.5, 0.6) is 0 Å². The zero-order chi connectivity index (χ0) is 18.6. The standard InChI is InChI=1S/C21H20N4OS/c1-2-20-24-17(14-27-20)19-13-16(18-8-4-6-12-25(18)19)21(26)23-11-9-15-7-3-5-10-22-15/h3-8,10,12-14H,2,9,11H2,1H3,(H,23,26). The van der Waals surface area contributed by atoms with Gasteiger partial charge in [-0.2, -0.15) is 0 Å². The van der Waals surface area contributed by atoms with Crippen molar-refractivity contribution in [1.29, 1.82) is 0 Å². The summed E-state index contributed by atoms with van der Waals surface area (Å²) < 4.78 is 2.03. The fourth-order valence-electron chi connectivity index (χ4n) is 3.07. The highest BCUT2D eigenvalue weighted by Gasteiger charge is 2.17. The van der Waals surface area contributed by atoms with E-state index in [1.807, 2.05) is 53.1 Å². The summed E-state index contributed by atoms with van der Waals surface area (Å²) in [4.78, 5) is 21.8. The predicted octanol–water partition coefficient (Wildman–Crippen LogP) is 3.99. The van der Waals surface area contributed by atoms with Crippen molar-refractivity contribution in [3.63, 3.8) is 0 Å². The molecule has 6 heteroatoms. The summed E-state index contributed by atoms with van der Waals surface area (Å²) in [5.74, 6) is -0.0770. The Balaban J connectivity index is 1.58. The van der Waals surface area contributed by atoms with Crippen LogP contribution < -0.4 is 5.32 Å². The molecular formula is C21H20N4OS. The van der Waals surface area contributed by atoms with E-state index in [2.05, 4.69) is 27.6 Å². The van der Waals surface area contributed by atoms with Crippen LogP contribution in [0.1, 0.15) is 28.0 Å². The molecule has 0 aliphatic rings. The first-order valence-electron chi connectivity index (χ1n) is 8.99. The normalized spacial score (nSPS) is 11.0. The summed E-state index contributed by atoms with van der Waals surface area (Å²) >= 11 is 1.65. The number of hydrogen-bond donors (Lipinski definition) is 1. The Morgan fingerprint density at radius 3 is 2.89 bits per heavy atom. The van der Waals surface area contributed by atoms with Gasteiger partial charge in [0, 0.05) is 36.4 Å². The van der Waals surface area contributed by atoms with Gasteiger partial charge < -0.3 is 9.72 Å². The van der Waals surface area contributed by atoms with Crippen molar-refractivity contribution in [2.75, 3.05) is 6.54 Å². The molecule has 136 valence electrons. The van der Waals surface area contributed by atoms with Gasteiger partial charge in [0.15, 0.2) is 0 Å². The maximum absolute atomic E-state index is 12.8. The zero-order valence-corrected chi connectivity index (χ0v) is 15.9. The smallest absolute Gasteiger partial charge is 0.253 e. The van der Waals surface area contributed by atoms with Crippen LogP contribution in [0.3, 0.4) is 0 Å². The largest absolute Gasteiger partial charge is 0.352 e. The average Bonchev–Trinajstić information content (AvgIpc) is 3.33. The van der Waals surface area contributed by atoms with E-state index in [-0.39, 0.29) is 5.91 Å². The van der Waals surface area contributed by atoms with Crippen LogP contribution >= 0.6 is 11.3 Å². The second kappa shape index (κ2) is 7.72. The van der Waals surface area contributed by atoms with E-state index in [0.717, 1.165) is 34.0 Å². The van der Waals surface area contributed by atoms with Gasteiger partial charge in [-0.25, -0.2) is 4.98 Å². The van der Waals surface area contributed by atoms with Crippen LogP contribution in [0.15, 0.2) is 60.2 Å². The molecule has 4 rings (SSSR count). The van der Waals surface area contributed by atoms with Crippen molar-refractivity contribution in [1.82, 2.24) is 19.7 Å². The van der Waals surface area contributed by atoms with Gasteiger partial charge in [0.2, 0.25) is 0 Å². The topological polar surface area (TPSA) is 59.3 Å². The Morgan fingerprint density at radius 1 is 1.22 bits per heavy atom. The molecule has 1 N–H and O–H groups in total. The van der Waals surface area contributed by atoms with E-state index in [1.54, 1.807) is 17.5 Å². The zero-order valence-electron chi connectivity index (χ0n) is 15.1. The quantitative estimate of drug-likeness (QED) is 0.553. The summed E-state index contributed by atoms with van der Waals surface area (Å²) in [6.45, 7) is 2.64. The van der Waals surface area contributed by atoms with Gasteiger partial charge in [0.1, 0.15) is 0 Å². The molecule has 0 aliphatic carbocycles. The number of nitrogens with one attached hydrogen (secondary N) is 1. The lowest BCUT2D eigenvalue weighted by atomic mass is 10.2. The summed E-state index contributed by atoms with van der Waals surface area (Å²) in [7, 11) is 0. The molecule has 4 heterocycles. The third-order valence-corrected chi connectivity index (χ3v) is 5.42. The molecule has 0 atom stereocenters. The molecule has 5 nitrogen and oxygen atoms in total. The minimum Gasteiger partial charge on any atom is -0.352 e. The lowest BCUT2D eigenvalue weighted by Crippen LogP contribution is -2.25. The van der Waals surface area contributed by atoms with E-state index in [0.29, 0.717) is 18.5 Å². The molecule has 1 amide bonds. The van der Waals surface area contributed by atoms with E-state index >= 15 is 0 Å². The van der Waals surface area contributed by atoms with Crippen LogP contribution in [-0.2, 0) is 12.8 Å². The third kappa shape index (κ3) is 3.61. The van der Waals surface area contributed by atoms with Crippen molar-refractivity contribution >= 4 is 22.8 Å². The first-order chi connectivity index (χ1) is 13.3. The number of aromatic nitrogens is 3. The molecule has 4 aromatic heterocycles. The Kier molecular flexibility index (Phi) is 4.98. The number of amides is 1. The van der Waals surface area contributed by atoms with Gasteiger partial charge in [-0.1, -0.05) is 19.1 Å². The summed E-state index contributed by atoms with van der Waals surface area (Å²) in [6, 6.07) is 13.6. The highest BCUT2D eigenvalue weighted by atomic mass is 32.1. The fourth-order valence-corrected chi connectivity index (χ4v) is 3.81. The molecular weight excluding hydrogens is 356 g/mol. The molecule has 0 fully saturated rings. The lowest BCUT2D eigenvalue weighted by Gasteiger charge is -2.04. The van der Waals surface area contributed by atoms with E-state index in [4.69, 9.17) is 0 Å². The lowest BCUT2D eigenvalue weighted by molar-refractivity contribution is 0.0956. The van der Waals surface area contributed by atoms with E-state index in [9.17, 15) is 4.79 Å². The molecule has 27 heavy (non-hydrogen) atoms. The number of fused-ring (bicyclic) bond motifs is 1. The molecule has 0 bridgehead atoms. The molecule has 4 aromatic rings. The molecule has 0 unspecified atom stereocenters. The SMILES string of the molecule is CCc1nc(-c2cc(C(=O)NCCc3ccccn3)c3ccccn23)cs1. The van der Waals surface area contributed by atoms with Crippen LogP contribution in [0.2, 0.25) is 0 Å². The Hall–Kier alpha value is -2.99. The van der Waals surface area contributed by atoms with Crippen LogP contribution in [-0.4, -0.2) is 26.8 Å². The Bertz CT molecular complexity index is 1070.